The molecule has 2 aromatic carbocycles. The molecular weight excluding hydrogens is 330 g/mol. The van der Waals surface area contributed by atoms with Gasteiger partial charge in [-0.3, -0.25) is 4.99 Å². The number of aliphatic imine (C=N–C) groups is 1. The third-order valence-corrected chi connectivity index (χ3v) is 4.03. The fourth-order valence-corrected chi connectivity index (χ4v) is 2.72. The van der Waals surface area contributed by atoms with Crippen LogP contribution < -0.4 is 24.8 Å². The normalized spacial score (nSPS) is 11.0. The number of hydrogen-bond donors (Lipinski definition) is 2. The fourth-order valence-electron chi connectivity index (χ4n) is 2.72. The highest BCUT2D eigenvalue weighted by atomic mass is 16.5. The second kappa shape index (κ2) is 10.2. The lowest BCUT2D eigenvalue weighted by Crippen LogP contribution is -2.38. The molecule has 0 heterocycles. The third kappa shape index (κ3) is 5.05. The van der Waals surface area contributed by atoms with E-state index in [-0.39, 0.29) is 0 Å². The van der Waals surface area contributed by atoms with Crippen LogP contribution in [0.4, 0.5) is 0 Å². The minimum atomic E-state index is 0.578. The largest absolute Gasteiger partial charge is 0.496 e. The molecule has 140 valence electrons. The van der Waals surface area contributed by atoms with Gasteiger partial charge in [-0.15, -0.1) is 0 Å². The highest BCUT2D eigenvalue weighted by molar-refractivity contribution is 5.79. The number of methoxy groups -OCH3 is 3. The lowest BCUT2D eigenvalue weighted by Gasteiger charge is -2.16. The number of guanidine groups is 1. The summed E-state index contributed by atoms with van der Waals surface area (Å²) in [5.41, 5.74) is 2.16. The molecule has 0 bridgehead atoms. The fraction of sp³-hybridized carbons (Fsp3) is 0.350. The van der Waals surface area contributed by atoms with Crippen molar-refractivity contribution < 1.29 is 14.2 Å². The molecule has 6 nitrogen and oxygen atoms in total. The van der Waals surface area contributed by atoms with Crippen molar-refractivity contribution in [2.75, 3.05) is 34.9 Å². The topological polar surface area (TPSA) is 64.1 Å². The first-order chi connectivity index (χ1) is 12.7. The number of nitrogens with zero attached hydrogens (tertiary/aromatic N) is 1. The Hall–Kier alpha value is -2.89. The van der Waals surface area contributed by atoms with Crippen molar-refractivity contribution in [1.82, 2.24) is 10.6 Å². The van der Waals surface area contributed by atoms with Crippen molar-refractivity contribution in [2.45, 2.75) is 13.0 Å². The second-order valence-corrected chi connectivity index (χ2v) is 5.57. The van der Waals surface area contributed by atoms with Crippen LogP contribution in [0.5, 0.6) is 17.2 Å². The molecule has 0 aliphatic heterocycles. The van der Waals surface area contributed by atoms with Crippen LogP contribution >= 0.6 is 0 Å². The lowest BCUT2D eigenvalue weighted by molar-refractivity contribution is 0.351. The Labute approximate surface area is 155 Å². The number of ether oxygens (including phenoxy) is 3. The Morgan fingerprint density at radius 1 is 0.846 bits per heavy atom. The smallest absolute Gasteiger partial charge is 0.191 e. The molecular formula is C20H27N3O3. The molecule has 2 aromatic rings. The maximum absolute atomic E-state index is 5.46. The van der Waals surface area contributed by atoms with Crippen molar-refractivity contribution in [3.8, 4) is 17.2 Å². The predicted molar refractivity (Wildman–Crippen MR) is 104 cm³/mol. The van der Waals surface area contributed by atoms with Crippen LogP contribution in [0.1, 0.15) is 11.1 Å². The van der Waals surface area contributed by atoms with Crippen LogP contribution in [0.25, 0.3) is 0 Å². The number of hydrogen-bond acceptors (Lipinski definition) is 4. The van der Waals surface area contributed by atoms with Gasteiger partial charge in [-0.25, -0.2) is 0 Å². The van der Waals surface area contributed by atoms with Gasteiger partial charge in [0.1, 0.15) is 5.75 Å². The predicted octanol–water partition coefficient (Wildman–Crippen LogP) is 2.62. The van der Waals surface area contributed by atoms with Crippen LogP contribution in [0, 0.1) is 0 Å². The monoisotopic (exact) mass is 357 g/mol. The number of nitrogens with one attached hydrogen (secondary N) is 2. The molecule has 0 spiro atoms. The quantitative estimate of drug-likeness (QED) is 0.562. The van der Waals surface area contributed by atoms with Crippen molar-refractivity contribution >= 4 is 5.96 Å². The maximum Gasteiger partial charge on any atom is 0.191 e. The number of rotatable bonds is 8. The molecule has 0 saturated carbocycles. The molecule has 2 rings (SSSR count). The highest BCUT2D eigenvalue weighted by Gasteiger charge is 2.10. The first kappa shape index (κ1) is 19.4. The Bertz CT molecular complexity index is 732. The van der Waals surface area contributed by atoms with Crippen LogP contribution in [0.2, 0.25) is 0 Å². The SMILES string of the molecule is CN=C(NCCc1ccccc1OC)NCc1cccc(OC)c1OC. The van der Waals surface area contributed by atoms with Gasteiger partial charge >= 0.3 is 0 Å². The van der Waals surface area contributed by atoms with Crippen LogP contribution in [-0.4, -0.2) is 40.9 Å². The summed E-state index contributed by atoms with van der Waals surface area (Å²) < 4.78 is 16.2. The van der Waals surface area contributed by atoms with Crippen LogP contribution in [-0.2, 0) is 13.0 Å². The molecule has 2 N–H and O–H groups in total. The van der Waals surface area contributed by atoms with Gasteiger partial charge in [0.2, 0.25) is 0 Å². The van der Waals surface area contributed by atoms with Gasteiger partial charge in [0.05, 0.1) is 21.3 Å². The summed E-state index contributed by atoms with van der Waals surface area (Å²) in [6.07, 6.45) is 0.840. The number of benzene rings is 2. The second-order valence-electron chi connectivity index (χ2n) is 5.57. The molecule has 0 aliphatic rings. The molecule has 0 saturated heterocycles. The molecule has 26 heavy (non-hydrogen) atoms. The van der Waals surface area contributed by atoms with E-state index in [1.54, 1.807) is 28.4 Å². The van der Waals surface area contributed by atoms with Crippen molar-refractivity contribution in [3.05, 3.63) is 53.6 Å². The van der Waals surface area contributed by atoms with E-state index in [1.807, 2.05) is 36.4 Å². The van der Waals surface area contributed by atoms with E-state index in [9.17, 15) is 0 Å². The van der Waals surface area contributed by atoms with E-state index in [0.717, 1.165) is 41.6 Å². The first-order valence-corrected chi connectivity index (χ1v) is 8.49. The summed E-state index contributed by atoms with van der Waals surface area (Å²) in [5, 5.41) is 6.62. The van der Waals surface area contributed by atoms with E-state index in [1.165, 1.54) is 0 Å². The molecule has 0 radical (unpaired) electrons. The minimum Gasteiger partial charge on any atom is -0.496 e. The van der Waals surface area contributed by atoms with Crippen LogP contribution in [0.3, 0.4) is 0 Å². The van der Waals surface area contributed by atoms with Crippen LogP contribution in [0.15, 0.2) is 47.5 Å². The summed E-state index contributed by atoms with van der Waals surface area (Å²) in [6, 6.07) is 13.8. The highest BCUT2D eigenvalue weighted by Crippen LogP contribution is 2.30. The number of para-hydroxylation sites is 2. The minimum absolute atomic E-state index is 0.578. The molecule has 0 amide bonds. The summed E-state index contributed by atoms with van der Waals surface area (Å²) >= 11 is 0. The Morgan fingerprint density at radius 2 is 1.54 bits per heavy atom. The molecule has 0 atom stereocenters. The van der Waals surface area contributed by atoms with E-state index >= 15 is 0 Å². The van der Waals surface area contributed by atoms with Gasteiger partial charge in [-0.2, -0.15) is 0 Å². The van der Waals surface area contributed by atoms with Crippen molar-refractivity contribution in [3.63, 3.8) is 0 Å². The average molecular weight is 357 g/mol. The summed E-state index contributed by atoms with van der Waals surface area (Å²) in [4.78, 5) is 4.27. The van der Waals surface area contributed by atoms with E-state index in [4.69, 9.17) is 14.2 Å². The lowest BCUT2D eigenvalue weighted by atomic mass is 10.1. The zero-order valence-corrected chi connectivity index (χ0v) is 15.8. The van der Waals surface area contributed by atoms with E-state index < -0.39 is 0 Å². The zero-order valence-electron chi connectivity index (χ0n) is 15.8. The van der Waals surface area contributed by atoms with Gasteiger partial charge < -0.3 is 24.8 Å². The van der Waals surface area contributed by atoms with Gasteiger partial charge in [0.15, 0.2) is 17.5 Å². The van der Waals surface area contributed by atoms with Gasteiger partial charge in [0, 0.05) is 25.7 Å². The summed E-state index contributed by atoms with van der Waals surface area (Å²) in [7, 11) is 6.71. The molecule has 0 fully saturated rings. The van der Waals surface area contributed by atoms with Crippen molar-refractivity contribution in [1.29, 1.82) is 0 Å². The molecule has 0 aromatic heterocycles. The van der Waals surface area contributed by atoms with Gasteiger partial charge in [-0.05, 0) is 24.1 Å². The van der Waals surface area contributed by atoms with E-state index in [0.29, 0.717) is 12.3 Å². The summed E-state index contributed by atoms with van der Waals surface area (Å²) in [5.74, 6) is 3.07. The zero-order chi connectivity index (χ0) is 18.8. The molecule has 0 unspecified atom stereocenters. The maximum atomic E-state index is 5.46. The Balaban J connectivity index is 1.91. The average Bonchev–Trinajstić information content (AvgIpc) is 2.70. The summed E-state index contributed by atoms with van der Waals surface area (Å²) in [6.45, 7) is 1.32. The third-order valence-electron chi connectivity index (χ3n) is 4.03. The standard InChI is InChI=1S/C20H27N3O3/c1-21-20(22-13-12-15-8-5-6-10-17(15)24-2)23-14-16-9-7-11-18(25-3)19(16)26-4/h5-11H,12-14H2,1-4H3,(H2,21,22,23). The van der Waals surface area contributed by atoms with Gasteiger partial charge in [-0.1, -0.05) is 30.3 Å². The Morgan fingerprint density at radius 3 is 2.23 bits per heavy atom. The Kier molecular flexibility index (Phi) is 7.61. The molecule has 0 aliphatic carbocycles. The van der Waals surface area contributed by atoms with Crippen molar-refractivity contribution in [2.24, 2.45) is 4.99 Å². The van der Waals surface area contributed by atoms with E-state index in [2.05, 4.69) is 21.7 Å². The molecule has 6 heteroatoms. The van der Waals surface area contributed by atoms with Gasteiger partial charge in [0.25, 0.3) is 0 Å². The first-order valence-electron chi connectivity index (χ1n) is 8.49.